The van der Waals surface area contributed by atoms with Crippen LogP contribution in [-0.4, -0.2) is 23.5 Å². The number of nitrogens with zero attached hydrogens (tertiary/aromatic N) is 2. The SMILES string of the molecule is C=CCOC(=O)c1sc(N2C(=O)c3oc4ccc(F)cc4c(=O)c3[C@H]2c2ccc(F)cc2)nc1C. The number of benzene rings is 2. The minimum absolute atomic E-state index is 0.000627. The summed E-state index contributed by atoms with van der Waals surface area (Å²) < 4.78 is 38.4. The molecule has 2 aromatic heterocycles. The summed E-state index contributed by atoms with van der Waals surface area (Å²) >= 11 is 0.911. The van der Waals surface area contributed by atoms with Crippen LogP contribution in [0.4, 0.5) is 13.9 Å². The maximum Gasteiger partial charge on any atom is 0.350 e. The van der Waals surface area contributed by atoms with Crippen molar-refractivity contribution >= 4 is 39.3 Å². The van der Waals surface area contributed by atoms with Crippen LogP contribution in [0, 0.1) is 18.6 Å². The molecular formula is C25H16F2N2O5S. The highest BCUT2D eigenvalue weighted by Crippen LogP contribution is 2.43. The summed E-state index contributed by atoms with van der Waals surface area (Å²) in [6.07, 6.45) is 1.42. The summed E-state index contributed by atoms with van der Waals surface area (Å²) in [7, 11) is 0. The molecule has 7 nitrogen and oxygen atoms in total. The van der Waals surface area contributed by atoms with Crippen LogP contribution in [0.25, 0.3) is 11.0 Å². The summed E-state index contributed by atoms with van der Waals surface area (Å²) in [5, 5.41) is 0.0861. The van der Waals surface area contributed by atoms with Gasteiger partial charge in [-0.25, -0.2) is 18.6 Å². The van der Waals surface area contributed by atoms with E-state index in [1.54, 1.807) is 6.92 Å². The molecule has 0 bridgehead atoms. The van der Waals surface area contributed by atoms with Crippen molar-refractivity contribution in [1.29, 1.82) is 0 Å². The first kappa shape index (κ1) is 22.6. The Hall–Kier alpha value is -4.18. The van der Waals surface area contributed by atoms with Crippen LogP contribution in [0.15, 0.2) is 64.3 Å². The van der Waals surface area contributed by atoms with E-state index in [4.69, 9.17) is 9.15 Å². The van der Waals surface area contributed by atoms with Crippen LogP contribution < -0.4 is 10.3 Å². The van der Waals surface area contributed by atoms with E-state index in [0.717, 1.165) is 23.5 Å². The third-order valence-corrected chi connectivity index (χ3v) is 6.66. The number of anilines is 1. The Kier molecular flexibility index (Phi) is 5.52. The van der Waals surface area contributed by atoms with E-state index in [9.17, 15) is 23.2 Å². The number of thiazole rings is 1. The van der Waals surface area contributed by atoms with Crippen molar-refractivity contribution in [2.45, 2.75) is 13.0 Å². The van der Waals surface area contributed by atoms with Crippen molar-refractivity contribution in [1.82, 2.24) is 4.98 Å². The fraction of sp³-hybridized carbons (Fsp3) is 0.120. The van der Waals surface area contributed by atoms with Gasteiger partial charge in [0.15, 0.2) is 10.6 Å². The number of carbonyl (C=O) groups excluding carboxylic acids is 2. The van der Waals surface area contributed by atoms with Crippen molar-refractivity contribution in [3.8, 4) is 0 Å². The molecule has 0 saturated carbocycles. The van der Waals surface area contributed by atoms with E-state index < -0.39 is 35.0 Å². The van der Waals surface area contributed by atoms with E-state index in [2.05, 4.69) is 11.6 Å². The van der Waals surface area contributed by atoms with Crippen LogP contribution in [0.2, 0.25) is 0 Å². The van der Waals surface area contributed by atoms with Crippen LogP contribution in [0.1, 0.15) is 43.1 Å². The van der Waals surface area contributed by atoms with Gasteiger partial charge in [-0.2, -0.15) is 0 Å². The lowest BCUT2D eigenvalue weighted by Gasteiger charge is -2.22. The number of esters is 1. The Morgan fingerprint density at radius 1 is 1.20 bits per heavy atom. The average molecular weight is 494 g/mol. The number of aromatic nitrogens is 1. The molecule has 0 radical (unpaired) electrons. The van der Waals surface area contributed by atoms with Gasteiger partial charge in [-0.3, -0.25) is 14.5 Å². The molecule has 0 N–H and O–H groups in total. The quantitative estimate of drug-likeness (QED) is 0.289. The Bertz CT molecular complexity index is 1580. The zero-order valence-corrected chi connectivity index (χ0v) is 19.0. The van der Waals surface area contributed by atoms with Gasteiger partial charge >= 0.3 is 5.97 Å². The summed E-state index contributed by atoms with van der Waals surface area (Å²) in [6.45, 7) is 5.09. The lowest BCUT2D eigenvalue weighted by atomic mass is 9.98. The highest BCUT2D eigenvalue weighted by atomic mass is 32.1. The van der Waals surface area contributed by atoms with E-state index in [-0.39, 0.29) is 38.9 Å². The predicted octanol–water partition coefficient (Wildman–Crippen LogP) is 4.93. The van der Waals surface area contributed by atoms with Gasteiger partial charge in [0, 0.05) is 0 Å². The second-order valence-corrected chi connectivity index (χ2v) is 8.72. The van der Waals surface area contributed by atoms with E-state index in [1.807, 2.05) is 0 Å². The molecule has 5 rings (SSSR count). The van der Waals surface area contributed by atoms with Gasteiger partial charge in [0.2, 0.25) is 5.76 Å². The number of fused-ring (bicyclic) bond motifs is 2. The lowest BCUT2D eigenvalue weighted by Crippen LogP contribution is -2.29. The number of aryl methyl sites for hydroxylation is 1. The van der Waals surface area contributed by atoms with Crippen molar-refractivity contribution in [3.63, 3.8) is 0 Å². The first-order valence-corrected chi connectivity index (χ1v) is 11.2. The molecule has 35 heavy (non-hydrogen) atoms. The fourth-order valence-corrected chi connectivity index (χ4v) is 4.97. The minimum Gasteiger partial charge on any atom is -0.457 e. The molecule has 0 spiro atoms. The van der Waals surface area contributed by atoms with Gasteiger partial charge in [-0.15, -0.1) is 0 Å². The third kappa shape index (κ3) is 3.71. The standard InChI is InChI=1S/C25H16F2N2O5S/c1-3-10-33-24(32)22-12(2)28-25(35-22)29-19(13-4-6-14(26)7-5-13)18-20(30)16-11-15(27)8-9-17(16)34-21(18)23(29)31/h3-9,11,19H,1,10H2,2H3/t19-/m1/s1. The first-order valence-electron chi connectivity index (χ1n) is 10.4. The maximum atomic E-state index is 13.9. The van der Waals surface area contributed by atoms with Gasteiger partial charge in [-0.1, -0.05) is 36.1 Å². The molecule has 3 heterocycles. The lowest BCUT2D eigenvalue weighted by molar-refractivity contribution is 0.0554. The molecule has 0 saturated heterocycles. The van der Waals surface area contributed by atoms with Crippen LogP contribution in [-0.2, 0) is 4.74 Å². The zero-order valence-electron chi connectivity index (χ0n) is 18.2. The largest absolute Gasteiger partial charge is 0.457 e. The second-order valence-electron chi connectivity index (χ2n) is 7.74. The van der Waals surface area contributed by atoms with Gasteiger partial charge in [0.25, 0.3) is 5.91 Å². The number of halogens is 2. The molecule has 0 fully saturated rings. The number of rotatable bonds is 5. The summed E-state index contributed by atoms with van der Waals surface area (Å²) in [5.41, 5.74) is 0.165. The summed E-state index contributed by atoms with van der Waals surface area (Å²) in [5.74, 6) is -2.68. The minimum atomic E-state index is -1.04. The van der Waals surface area contributed by atoms with Crippen molar-refractivity contribution in [3.05, 3.63) is 104 Å². The zero-order chi connectivity index (χ0) is 24.9. The fourth-order valence-electron chi connectivity index (χ4n) is 3.98. The number of hydrogen-bond donors (Lipinski definition) is 0. The molecule has 2 aromatic carbocycles. The molecule has 176 valence electrons. The number of ether oxygens (including phenoxy) is 1. The van der Waals surface area contributed by atoms with E-state index in [0.29, 0.717) is 11.3 Å². The number of amides is 1. The molecule has 1 amide bonds. The Morgan fingerprint density at radius 3 is 2.63 bits per heavy atom. The monoisotopic (exact) mass is 494 g/mol. The topological polar surface area (TPSA) is 89.7 Å². The van der Waals surface area contributed by atoms with Crippen LogP contribution in [0.5, 0.6) is 0 Å². The van der Waals surface area contributed by atoms with Gasteiger partial charge in [0.1, 0.15) is 28.7 Å². The summed E-state index contributed by atoms with van der Waals surface area (Å²) in [6, 6.07) is 7.66. The molecule has 4 aromatic rings. The predicted molar refractivity (Wildman–Crippen MR) is 125 cm³/mol. The van der Waals surface area contributed by atoms with Crippen molar-refractivity contribution in [2.24, 2.45) is 0 Å². The normalized spacial score (nSPS) is 14.9. The average Bonchev–Trinajstić information content (AvgIpc) is 3.36. The highest BCUT2D eigenvalue weighted by Gasteiger charge is 2.45. The highest BCUT2D eigenvalue weighted by molar-refractivity contribution is 7.17. The third-order valence-electron chi connectivity index (χ3n) is 5.53. The number of carbonyl (C=O) groups is 2. The molecule has 1 atom stereocenters. The van der Waals surface area contributed by atoms with Gasteiger partial charge in [-0.05, 0) is 42.8 Å². The molecular weight excluding hydrogens is 478 g/mol. The molecule has 0 aliphatic carbocycles. The second kappa shape index (κ2) is 8.55. The Balaban J connectivity index is 1.72. The van der Waals surface area contributed by atoms with Crippen LogP contribution >= 0.6 is 11.3 Å². The molecule has 1 aliphatic rings. The molecule has 10 heteroatoms. The number of hydrogen-bond acceptors (Lipinski definition) is 7. The first-order chi connectivity index (χ1) is 16.8. The van der Waals surface area contributed by atoms with Crippen LogP contribution in [0.3, 0.4) is 0 Å². The Labute approximate surface area is 200 Å². The van der Waals surface area contributed by atoms with Gasteiger partial charge in [0.05, 0.1) is 22.7 Å². The molecule has 1 aliphatic heterocycles. The van der Waals surface area contributed by atoms with Gasteiger partial charge < -0.3 is 9.15 Å². The smallest absolute Gasteiger partial charge is 0.350 e. The van der Waals surface area contributed by atoms with Crippen molar-refractivity contribution in [2.75, 3.05) is 11.5 Å². The maximum absolute atomic E-state index is 13.9. The van der Waals surface area contributed by atoms with E-state index >= 15 is 0 Å². The Morgan fingerprint density at radius 2 is 1.91 bits per heavy atom. The summed E-state index contributed by atoms with van der Waals surface area (Å²) in [4.78, 5) is 45.2. The van der Waals surface area contributed by atoms with E-state index in [1.165, 1.54) is 41.3 Å². The molecule has 0 unspecified atom stereocenters. The van der Waals surface area contributed by atoms with Crippen molar-refractivity contribution < 1.29 is 27.5 Å².